The number of fused-ring (bicyclic) bond motifs is 3. The summed E-state index contributed by atoms with van der Waals surface area (Å²) in [6, 6.07) is 6.38. The molecule has 148 valence electrons. The average Bonchev–Trinajstić information content (AvgIpc) is 3.37. The molecule has 2 N–H and O–H groups in total. The van der Waals surface area contributed by atoms with Crippen LogP contribution in [0.4, 0.5) is 11.5 Å². The summed E-state index contributed by atoms with van der Waals surface area (Å²) in [5.74, 6) is 1.62. The van der Waals surface area contributed by atoms with Gasteiger partial charge in [0, 0.05) is 40.5 Å². The van der Waals surface area contributed by atoms with Crippen molar-refractivity contribution >= 4 is 23.1 Å². The monoisotopic (exact) mass is 397 g/mol. The molecule has 2 aliphatic heterocycles. The van der Waals surface area contributed by atoms with E-state index in [-0.39, 0.29) is 5.41 Å². The molecule has 28 heavy (non-hydrogen) atoms. The molecule has 2 aromatic rings. The lowest BCUT2D eigenvalue weighted by atomic mass is 9.81. The molecule has 0 radical (unpaired) electrons. The van der Waals surface area contributed by atoms with Gasteiger partial charge in [-0.2, -0.15) is 0 Å². The third-order valence-electron chi connectivity index (χ3n) is 6.90. The Bertz CT molecular complexity index is 900. The summed E-state index contributed by atoms with van der Waals surface area (Å²) in [6.07, 6.45) is 6.18. The lowest BCUT2D eigenvalue weighted by Crippen LogP contribution is -2.36. The van der Waals surface area contributed by atoms with Gasteiger partial charge in [-0.25, -0.2) is 9.97 Å². The predicted octanol–water partition coefficient (Wildman–Crippen LogP) is 3.62. The summed E-state index contributed by atoms with van der Waals surface area (Å²) in [4.78, 5) is 14.4. The van der Waals surface area contributed by atoms with Crippen molar-refractivity contribution in [2.24, 2.45) is 5.73 Å². The Morgan fingerprint density at radius 2 is 2.18 bits per heavy atom. The fourth-order valence-electron chi connectivity index (χ4n) is 5.48. The van der Waals surface area contributed by atoms with Crippen LogP contribution >= 0.6 is 11.6 Å². The van der Waals surface area contributed by atoms with Gasteiger partial charge in [0.2, 0.25) is 0 Å². The van der Waals surface area contributed by atoms with E-state index in [1.165, 1.54) is 28.9 Å². The highest BCUT2D eigenvalue weighted by Gasteiger charge is 2.48. The maximum Gasteiger partial charge on any atom is 0.140 e. The number of aryl methyl sites for hydroxylation is 1. The summed E-state index contributed by atoms with van der Waals surface area (Å²) in [5.41, 5.74) is 11.1. The van der Waals surface area contributed by atoms with Gasteiger partial charge in [-0.1, -0.05) is 18.5 Å². The first-order valence-electron chi connectivity index (χ1n) is 10.4. The van der Waals surface area contributed by atoms with Crippen LogP contribution in [-0.4, -0.2) is 47.6 Å². The van der Waals surface area contributed by atoms with Gasteiger partial charge in [0.15, 0.2) is 0 Å². The van der Waals surface area contributed by atoms with Gasteiger partial charge < -0.3 is 15.5 Å². The van der Waals surface area contributed by atoms with Crippen molar-refractivity contribution in [2.75, 3.05) is 37.6 Å². The number of likely N-dealkylation sites (tertiary alicyclic amines) is 1. The molecule has 1 aromatic carbocycles. The van der Waals surface area contributed by atoms with Gasteiger partial charge in [-0.15, -0.1) is 0 Å². The minimum atomic E-state index is 0.120. The van der Waals surface area contributed by atoms with E-state index < -0.39 is 0 Å². The van der Waals surface area contributed by atoms with Gasteiger partial charge in [0.1, 0.15) is 12.1 Å². The maximum absolute atomic E-state index is 6.44. The number of halogens is 1. The van der Waals surface area contributed by atoms with E-state index in [0.717, 1.165) is 62.8 Å². The molecule has 0 bridgehead atoms. The molecular weight excluding hydrogens is 370 g/mol. The third-order valence-corrected chi connectivity index (χ3v) is 7.14. The molecule has 0 saturated carbocycles. The highest BCUT2D eigenvalue weighted by molar-refractivity contribution is 6.30. The topological polar surface area (TPSA) is 58.3 Å². The van der Waals surface area contributed by atoms with Crippen LogP contribution < -0.4 is 10.6 Å². The van der Waals surface area contributed by atoms with Crippen molar-refractivity contribution in [1.29, 1.82) is 0 Å². The number of anilines is 2. The summed E-state index contributed by atoms with van der Waals surface area (Å²) < 4.78 is 0. The Labute approximate surface area is 171 Å². The Morgan fingerprint density at radius 1 is 1.29 bits per heavy atom. The molecule has 6 heteroatoms. The quantitative estimate of drug-likeness (QED) is 0.853. The van der Waals surface area contributed by atoms with Crippen LogP contribution in [0.2, 0.25) is 5.02 Å². The van der Waals surface area contributed by atoms with Gasteiger partial charge in [-0.3, -0.25) is 0 Å². The second-order valence-electron chi connectivity index (χ2n) is 8.69. The van der Waals surface area contributed by atoms with E-state index in [2.05, 4.69) is 33.8 Å². The van der Waals surface area contributed by atoms with Gasteiger partial charge in [0.25, 0.3) is 0 Å². The number of nitrogens with two attached hydrogens (primary N) is 1. The molecular formula is C22H28ClN5. The van der Waals surface area contributed by atoms with Crippen LogP contribution in [0.3, 0.4) is 0 Å². The molecule has 3 aliphatic rings. The fraction of sp³-hybridized carbons (Fsp3) is 0.545. The van der Waals surface area contributed by atoms with Crippen LogP contribution in [-0.2, 0) is 11.8 Å². The Kier molecular flexibility index (Phi) is 4.57. The Balaban J connectivity index is 1.56. The largest absolute Gasteiger partial charge is 0.330 e. The first-order valence-corrected chi connectivity index (χ1v) is 10.8. The van der Waals surface area contributed by atoms with Gasteiger partial charge >= 0.3 is 0 Å². The number of aromatic nitrogens is 2. The molecule has 5 rings (SSSR count). The van der Waals surface area contributed by atoms with Gasteiger partial charge in [0.05, 0.1) is 0 Å². The second kappa shape index (κ2) is 6.97. The Morgan fingerprint density at radius 3 is 3.04 bits per heavy atom. The van der Waals surface area contributed by atoms with Crippen LogP contribution in [0.1, 0.15) is 48.9 Å². The molecule has 0 amide bonds. The SMILES string of the molecule is C[C@@H]1CCc2ncnc(N3C[C@@]4(CCN(CCCN)C4)c4cc(Cl)ccc43)c21. The normalized spacial score (nSPS) is 26.2. The van der Waals surface area contributed by atoms with Crippen molar-refractivity contribution in [1.82, 2.24) is 14.9 Å². The van der Waals surface area contributed by atoms with E-state index in [0.29, 0.717) is 5.92 Å². The van der Waals surface area contributed by atoms with Crippen molar-refractivity contribution < 1.29 is 0 Å². The van der Waals surface area contributed by atoms with E-state index >= 15 is 0 Å². The predicted molar refractivity (Wildman–Crippen MR) is 114 cm³/mol. The lowest BCUT2D eigenvalue weighted by molar-refractivity contribution is 0.313. The Hall–Kier alpha value is -1.69. The number of rotatable bonds is 4. The molecule has 1 aromatic heterocycles. The maximum atomic E-state index is 6.44. The van der Waals surface area contributed by atoms with E-state index in [4.69, 9.17) is 22.3 Å². The number of benzene rings is 1. The molecule has 0 unspecified atom stereocenters. The number of hydrogen-bond donors (Lipinski definition) is 1. The smallest absolute Gasteiger partial charge is 0.140 e. The van der Waals surface area contributed by atoms with Crippen LogP contribution in [0.15, 0.2) is 24.5 Å². The molecule has 1 spiro atoms. The van der Waals surface area contributed by atoms with Crippen molar-refractivity contribution in [3.63, 3.8) is 0 Å². The molecule has 2 atom stereocenters. The number of hydrogen-bond acceptors (Lipinski definition) is 5. The first kappa shape index (κ1) is 18.3. The molecule has 1 aliphatic carbocycles. The minimum Gasteiger partial charge on any atom is -0.330 e. The van der Waals surface area contributed by atoms with Crippen LogP contribution in [0.5, 0.6) is 0 Å². The van der Waals surface area contributed by atoms with Crippen molar-refractivity contribution in [3.8, 4) is 0 Å². The van der Waals surface area contributed by atoms with E-state index in [1.54, 1.807) is 6.33 Å². The second-order valence-corrected chi connectivity index (χ2v) is 9.13. The third kappa shape index (κ3) is 2.83. The minimum absolute atomic E-state index is 0.120. The summed E-state index contributed by atoms with van der Waals surface area (Å²) in [6.45, 7) is 7.30. The highest BCUT2D eigenvalue weighted by atomic mass is 35.5. The van der Waals surface area contributed by atoms with E-state index in [9.17, 15) is 0 Å². The van der Waals surface area contributed by atoms with Crippen LogP contribution in [0.25, 0.3) is 0 Å². The molecule has 5 nitrogen and oxygen atoms in total. The zero-order valence-corrected chi connectivity index (χ0v) is 17.3. The fourth-order valence-corrected chi connectivity index (χ4v) is 5.65. The highest BCUT2D eigenvalue weighted by Crippen LogP contribution is 2.51. The van der Waals surface area contributed by atoms with Crippen molar-refractivity contribution in [3.05, 3.63) is 46.4 Å². The molecule has 1 saturated heterocycles. The average molecular weight is 398 g/mol. The number of nitrogens with zero attached hydrogens (tertiary/aromatic N) is 4. The zero-order chi connectivity index (χ0) is 19.3. The first-order chi connectivity index (χ1) is 13.6. The molecule has 1 fully saturated rings. The van der Waals surface area contributed by atoms with Gasteiger partial charge in [-0.05, 0) is 75.0 Å². The lowest BCUT2D eigenvalue weighted by Gasteiger charge is -2.27. The summed E-state index contributed by atoms with van der Waals surface area (Å²) in [7, 11) is 0. The van der Waals surface area contributed by atoms with E-state index in [1.807, 2.05) is 6.07 Å². The standard InChI is InChI=1S/C22H28ClN5/c1-15-3-5-18-20(15)21(26-14-25-18)28-13-22(7-10-27(12-22)9-2-8-24)17-11-16(23)4-6-19(17)28/h4,6,11,14-15H,2-3,5,7-10,12-13,24H2,1H3/t15-,22+/m1/s1. The van der Waals surface area contributed by atoms with Crippen molar-refractivity contribution in [2.45, 2.75) is 43.9 Å². The molecule has 3 heterocycles. The van der Waals surface area contributed by atoms with Crippen LogP contribution in [0, 0.1) is 0 Å². The zero-order valence-electron chi connectivity index (χ0n) is 16.5. The summed E-state index contributed by atoms with van der Waals surface area (Å²) >= 11 is 6.44. The summed E-state index contributed by atoms with van der Waals surface area (Å²) in [5, 5.41) is 0.821.